The summed E-state index contributed by atoms with van der Waals surface area (Å²) in [4.78, 5) is 4.23. The van der Waals surface area contributed by atoms with Crippen molar-refractivity contribution in [3.63, 3.8) is 0 Å². The molecule has 1 aliphatic heterocycles. The first kappa shape index (κ1) is 10.3. The third-order valence-electron chi connectivity index (χ3n) is 2.14. The molecule has 1 atom stereocenters. The zero-order chi connectivity index (χ0) is 9.90. The van der Waals surface area contributed by atoms with Gasteiger partial charge in [-0.25, -0.2) is 10.8 Å². The van der Waals surface area contributed by atoms with E-state index in [0.29, 0.717) is 5.96 Å². The van der Waals surface area contributed by atoms with E-state index in [9.17, 15) is 0 Å². The number of hydrogen-bond acceptors (Lipinski definition) is 3. The zero-order valence-electron chi connectivity index (χ0n) is 8.21. The minimum Gasteiger partial charge on any atom is -0.375 e. The third-order valence-corrected chi connectivity index (χ3v) is 2.14. The molecule has 5 N–H and O–H groups in total. The Morgan fingerprint density at radius 3 is 2.85 bits per heavy atom. The summed E-state index contributed by atoms with van der Waals surface area (Å²) >= 11 is 0. The Morgan fingerprint density at radius 2 is 2.31 bits per heavy atom. The first-order valence-electron chi connectivity index (χ1n) is 4.47. The van der Waals surface area contributed by atoms with Crippen molar-refractivity contribution in [2.75, 3.05) is 6.61 Å². The van der Waals surface area contributed by atoms with Gasteiger partial charge >= 0.3 is 0 Å². The summed E-state index contributed by atoms with van der Waals surface area (Å²) in [7, 11) is 0. The molecule has 0 aromatic carbocycles. The Bertz CT molecular complexity index is 202. The van der Waals surface area contributed by atoms with E-state index in [4.69, 9.17) is 16.3 Å². The summed E-state index contributed by atoms with van der Waals surface area (Å²) in [5.41, 5.74) is 7.70. The number of ether oxygens (including phenoxy) is 1. The SMILES string of the molecule is CC1(C)CC(N=C(N)NN)CCO1. The monoisotopic (exact) mass is 186 g/mol. The Balaban J connectivity index is 2.52. The number of hydrazine groups is 1. The average molecular weight is 186 g/mol. The lowest BCUT2D eigenvalue weighted by Gasteiger charge is -2.33. The molecule has 1 saturated heterocycles. The highest BCUT2D eigenvalue weighted by Crippen LogP contribution is 2.25. The number of nitrogens with zero attached hydrogens (tertiary/aromatic N) is 1. The molecule has 1 unspecified atom stereocenters. The van der Waals surface area contributed by atoms with E-state index in [1.54, 1.807) is 0 Å². The highest BCUT2D eigenvalue weighted by atomic mass is 16.5. The summed E-state index contributed by atoms with van der Waals surface area (Å²) in [5.74, 6) is 5.41. The largest absolute Gasteiger partial charge is 0.375 e. The van der Waals surface area contributed by atoms with Gasteiger partial charge in [0.1, 0.15) is 0 Å². The van der Waals surface area contributed by atoms with Crippen molar-refractivity contribution >= 4 is 5.96 Å². The van der Waals surface area contributed by atoms with Crippen molar-refractivity contribution in [2.24, 2.45) is 16.6 Å². The molecule has 76 valence electrons. The fraction of sp³-hybridized carbons (Fsp3) is 0.875. The maximum Gasteiger partial charge on any atom is 0.203 e. The maximum absolute atomic E-state index is 5.55. The molecule has 0 aromatic rings. The smallest absolute Gasteiger partial charge is 0.203 e. The van der Waals surface area contributed by atoms with Crippen LogP contribution in [0.2, 0.25) is 0 Å². The van der Waals surface area contributed by atoms with Gasteiger partial charge in [0.15, 0.2) is 0 Å². The number of guanidine groups is 1. The van der Waals surface area contributed by atoms with E-state index in [-0.39, 0.29) is 11.6 Å². The van der Waals surface area contributed by atoms with Crippen molar-refractivity contribution < 1.29 is 4.74 Å². The standard InChI is InChI=1S/C8H18N4O/c1-8(2)5-6(3-4-13-8)11-7(9)12-10/h6H,3-5,10H2,1-2H3,(H3,9,11,12). The van der Waals surface area contributed by atoms with Gasteiger partial charge < -0.3 is 10.5 Å². The lowest BCUT2D eigenvalue weighted by Crippen LogP contribution is -2.41. The fourth-order valence-corrected chi connectivity index (χ4v) is 1.54. The van der Waals surface area contributed by atoms with Gasteiger partial charge in [0.05, 0.1) is 11.6 Å². The highest BCUT2D eigenvalue weighted by molar-refractivity contribution is 5.77. The topological polar surface area (TPSA) is 85.7 Å². The van der Waals surface area contributed by atoms with Gasteiger partial charge in [-0.05, 0) is 26.7 Å². The minimum atomic E-state index is -0.0959. The molecule has 5 nitrogen and oxygen atoms in total. The molecular weight excluding hydrogens is 168 g/mol. The third kappa shape index (κ3) is 3.20. The van der Waals surface area contributed by atoms with E-state index >= 15 is 0 Å². The number of rotatable bonds is 1. The van der Waals surface area contributed by atoms with Crippen LogP contribution in [0.3, 0.4) is 0 Å². The lowest BCUT2D eigenvalue weighted by atomic mass is 9.94. The van der Waals surface area contributed by atoms with Gasteiger partial charge in [-0.3, -0.25) is 5.43 Å². The van der Waals surface area contributed by atoms with E-state index in [1.807, 2.05) is 0 Å². The average Bonchev–Trinajstić information content (AvgIpc) is 2.02. The predicted molar refractivity (Wildman–Crippen MR) is 52.0 cm³/mol. The Labute approximate surface area is 78.5 Å². The fourth-order valence-electron chi connectivity index (χ4n) is 1.54. The van der Waals surface area contributed by atoms with Crippen molar-refractivity contribution in [2.45, 2.75) is 38.3 Å². The van der Waals surface area contributed by atoms with Crippen LogP contribution >= 0.6 is 0 Å². The molecule has 1 aliphatic rings. The molecule has 0 amide bonds. The highest BCUT2D eigenvalue weighted by Gasteiger charge is 2.28. The van der Waals surface area contributed by atoms with Crippen LogP contribution in [0.4, 0.5) is 0 Å². The van der Waals surface area contributed by atoms with Crippen LogP contribution in [0.5, 0.6) is 0 Å². The lowest BCUT2D eigenvalue weighted by molar-refractivity contribution is -0.0575. The van der Waals surface area contributed by atoms with Gasteiger partial charge in [0.25, 0.3) is 0 Å². The number of hydrogen-bond donors (Lipinski definition) is 3. The second-order valence-electron chi connectivity index (χ2n) is 3.91. The number of aliphatic imine (C=N–C) groups is 1. The van der Waals surface area contributed by atoms with Crippen LogP contribution in [-0.2, 0) is 4.74 Å². The predicted octanol–water partition coefficient (Wildman–Crippen LogP) is -0.278. The minimum absolute atomic E-state index is 0.0959. The van der Waals surface area contributed by atoms with Crippen molar-refractivity contribution in [1.29, 1.82) is 0 Å². The molecule has 0 bridgehead atoms. The molecule has 13 heavy (non-hydrogen) atoms. The molecule has 0 radical (unpaired) electrons. The summed E-state index contributed by atoms with van der Waals surface area (Å²) < 4.78 is 5.55. The van der Waals surface area contributed by atoms with Gasteiger partial charge in [-0.15, -0.1) is 0 Å². The van der Waals surface area contributed by atoms with Crippen LogP contribution < -0.4 is 17.0 Å². The molecule has 0 aliphatic carbocycles. The van der Waals surface area contributed by atoms with E-state index in [0.717, 1.165) is 19.4 Å². The molecule has 1 heterocycles. The number of nitrogens with two attached hydrogens (primary N) is 2. The normalized spacial score (nSPS) is 28.5. The Morgan fingerprint density at radius 1 is 1.62 bits per heavy atom. The molecule has 1 fully saturated rings. The van der Waals surface area contributed by atoms with Crippen molar-refractivity contribution in [3.05, 3.63) is 0 Å². The van der Waals surface area contributed by atoms with Crippen molar-refractivity contribution in [1.82, 2.24) is 5.43 Å². The van der Waals surface area contributed by atoms with Crippen LogP contribution in [0, 0.1) is 0 Å². The zero-order valence-corrected chi connectivity index (χ0v) is 8.21. The molecule has 0 saturated carbocycles. The molecule has 1 rings (SSSR count). The number of nitrogens with one attached hydrogen (secondary N) is 1. The molecule has 0 spiro atoms. The second kappa shape index (κ2) is 3.93. The first-order valence-corrected chi connectivity index (χ1v) is 4.47. The summed E-state index contributed by atoms with van der Waals surface area (Å²) in [6, 6.07) is 0.222. The van der Waals surface area contributed by atoms with Crippen LogP contribution in [-0.4, -0.2) is 24.2 Å². The molecule has 5 heteroatoms. The maximum atomic E-state index is 5.55. The van der Waals surface area contributed by atoms with E-state index in [1.165, 1.54) is 0 Å². The van der Waals surface area contributed by atoms with Gasteiger partial charge in [0.2, 0.25) is 5.96 Å². The van der Waals surface area contributed by atoms with Crippen LogP contribution in [0.25, 0.3) is 0 Å². The first-order chi connectivity index (χ1) is 6.03. The molecule has 0 aromatic heterocycles. The Hall–Kier alpha value is -0.810. The van der Waals surface area contributed by atoms with Crippen molar-refractivity contribution in [3.8, 4) is 0 Å². The summed E-state index contributed by atoms with van der Waals surface area (Å²) in [5, 5.41) is 0. The van der Waals surface area contributed by atoms with Crippen LogP contribution in [0.1, 0.15) is 26.7 Å². The van der Waals surface area contributed by atoms with Crippen LogP contribution in [0.15, 0.2) is 4.99 Å². The van der Waals surface area contributed by atoms with Gasteiger partial charge in [0, 0.05) is 6.61 Å². The summed E-state index contributed by atoms with van der Waals surface area (Å²) in [6.07, 6.45) is 1.79. The summed E-state index contributed by atoms with van der Waals surface area (Å²) in [6.45, 7) is 4.85. The molecular formula is C8H18N4O. The quantitative estimate of drug-likeness (QED) is 0.227. The Kier molecular flexibility index (Phi) is 3.11. The van der Waals surface area contributed by atoms with E-state index in [2.05, 4.69) is 24.3 Å². The van der Waals surface area contributed by atoms with E-state index < -0.39 is 0 Å². The van der Waals surface area contributed by atoms with Gasteiger partial charge in [-0.1, -0.05) is 0 Å². The second-order valence-corrected chi connectivity index (χ2v) is 3.91. The van der Waals surface area contributed by atoms with Gasteiger partial charge in [-0.2, -0.15) is 0 Å².